The van der Waals surface area contributed by atoms with Crippen molar-refractivity contribution in [1.29, 1.82) is 0 Å². The molecule has 0 aliphatic rings. The third kappa shape index (κ3) is 3.04. The lowest BCUT2D eigenvalue weighted by Crippen LogP contribution is -2.30. The van der Waals surface area contributed by atoms with Crippen LogP contribution in [0, 0.1) is 5.82 Å². The summed E-state index contributed by atoms with van der Waals surface area (Å²) < 4.78 is 19.1. The maximum absolute atomic E-state index is 13.6. The maximum atomic E-state index is 13.6. The van der Waals surface area contributed by atoms with Gasteiger partial charge in [0, 0.05) is 0 Å². The first-order valence-electron chi connectivity index (χ1n) is 4.47. The maximum Gasteiger partial charge on any atom is 0.242 e. The molecule has 0 spiro atoms. The zero-order valence-corrected chi connectivity index (χ0v) is 10.6. The van der Waals surface area contributed by atoms with Gasteiger partial charge >= 0.3 is 0 Å². The van der Waals surface area contributed by atoms with E-state index in [2.05, 4.69) is 0 Å². The van der Waals surface area contributed by atoms with Crippen LogP contribution in [-0.4, -0.2) is 14.6 Å². The fourth-order valence-corrected chi connectivity index (χ4v) is 2.02. The highest BCUT2D eigenvalue weighted by atomic mass is 35.5. The van der Waals surface area contributed by atoms with Gasteiger partial charge in [0.15, 0.2) is 17.9 Å². The van der Waals surface area contributed by atoms with Gasteiger partial charge in [0.2, 0.25) is 8.32 Å². The van der Waals surface area contributed by atoms with Gasteiger partial charge in [-0.25, -0.2) is 4.39 Å². The topological polar surface area (TPSA) is 26.3 Å². The average molecular weight is 247 g/mol. The summed E-state index contributed by atoms with van der Waals surface area (Å²) in [7, 11) is -1.96. The van der Waals surface area contributed by atoms with Gasteiger partial charge in [0.25, 0.3) is 0 Å². The van der Waals surface area contributed by atoms with Crippen LogP contribution in [0.5, 0.6) is 5.75 Å². The molecule has 0 radical (unpaired) electrons. The summed E-state index contributed by atoms with van der Waals surface area (Å²) in [6.45, 7) is 5.71. The lowest BCUT2D eigenvalue weighted by molar-refractivity contribution is 0.112. The number of rotatable bonds is 3. The molecule has 0 aliphatic heterocycles. The van der Waals surface area contributed by atoms with Crippen molar-refractivity contribution in [2.45, 2.75) is 19.6 Å². The molecule has 1 aromatic rings. The molecule has 1 rings (SSSR count). The predicted molar refractivity (Wildman–Crippen MR) is 60.8 cm³/mol. The summed E-state index contributed by atoms with van der Waals surface area (Å²) >= 11 is 5.62. The quantitative estimate of drug-likeness (QED) is 0.603. The Labute approximate surface area is 94.1 Å². The summed E-state index contributed by atoms with van der Waals surface area (Å²) in [6.07, 6.45) is 0.564. The first-order valence-corrected chi connectivity index (χ1v) is 8.26. The van der Waals surface area contributed by atoms with Gasteiger partial charge in [-0.3, -0.25) is 4.79 Å². The second kappa shape index (κ2) is 4.33. The summed E-state index contributed by atoms with van der Waals surface area (Å²) in [5.41, 5.74) is 0.194. The molecule has 0 N–H and O–H groups in total. The van der Waals surface area contributed by atoms with E-state index < -0.39 is 14.1 Å². The van der Waals surface area contributed by atoms with Gasteiger partial charge < -0.3 is 4.43 Å². The lowest BCUT2D eigenvalue weighted by atomic mass is 10.2. The molecule has 0 fully saturated rings. The Bertz CT molecular complexity index is 388. The summed E-state index contributed by atoms with van der Waals surface area (Å²) in [5, 5.41) is -0.0335. The Morgan fingerprint density at radius 1 is 1.40 bits per heavy atom. The molecule has 82 valence electrons. The third-order valence-electron chi connectivity index (χ3n) is 1.62. The number of hydrogen-bond donors (Lipinski definition) is 0. The zero-order chi connectivity index (χ0) is 11.6. The third-order valence-corrected chi connectivity index (χ3v) is 2.72. The second-order valence-electron chi connectivity index (χ2n) is 4.11. The molecule has 0 saturated carbocycles. The van der Waals surface area contributed by atoms with Crippen LogP contribution in [-0.2, 0) is 0 Å². The van der Waals surface area contributed by atoms with Gasteiger partial charge in [-0.2, -0.15) is 0 Å². The van der Waals surface area contributed by atoms with E-state index in [1.165, 1.54) is 12.1 Å². The number of aldehydes is 1. The van der Waals surface area contributed by atoms with Crippen LogP contribution < -0.4 is 4.43 Å². The number of hydrogen-bond acceptors (Lipinski definition) is 2. The highest BCUT2D eigenvalue weighted by Gasteiger charge is 2.22. The summed E-state index contributed by atoms with van der Waals surface area (Å²) in [5.74, 6) is -0.694. The zero-order valence-electron chi connectivity index (χ0n) is 8.80. The van der Waals surface area contributed by atoms with Crippen LogP contribution in [0.2, 0.25) is 24.7 Å². The first kappa shape index (κ1) is 12.2. The number of benzene rings is 1. The smallest absolute Gasteiger partial charge is 0.242 e. The van der Waals surface area contributed by atoms with Crippen molar-refractivity contribution in [3.63, 3.8) is 0 Å². The van der Waals surface area contributed by atoms with E-state index in [4.69, 9.17) is 16.0 Å². The Kier molecular flexibility index (Phi) is 3.52. The SMILES string of the molecule is C[Si](C)(C)Oc1c(C=O)ccc(Cl)c1F. The minimum atomic E-state index is -1.96. The molecule has 1 aromatic carbocycles. The van der Waals surface area contributed by atoms with Crippen molar-refractivity contribution >= 4 is 26.2 Å². The predicted octanol–water partition coefficient (Wildman–Crippen LogP) is 3.51. The normalized spacial score (nSPS) is 11.3. The number of carbonyl (C=O) groups is 1. The van der Waals surface area contributed by atoms with E-state index in [0.29, 0.717) is 6.29 Å². The fourth-order valence-electron chi connectivity index (χ4n) is 1.05. The molecule has 15 heavy (non-hydrogen) atoms. The van der Waals surface area contributed by atoms with Crippen molar-refractivity contribution in [3.8, 4) is 5.75 Å². The first-order chi connectivity index (χ1) is 6.85. The van der Waals surface area contributed by atoms with Crippen molar-refractivity contribution in [2.75, 3.05) is 0 Å². The van der Waals surface area contributed by atoms with Crippen LogP contribution in [0.4, 0.5) is 4.39 Å². The van der Waals surface area contributed by atoms with E-state index in [9.17, 15) is 9.18 Å². The van der Waals surface area contributed by atoms with Crippen molar-refractivity contribution in [2.24, 2.45) is 0 Å². The molecule has 0 bridgehead atoms. The molecule has 0 aromatic heterocycles. The summed E-state index contributed by atoms with van der Waals surface area (Å²) in [6, 6.07) is 2.80. The van der Waals surface area contributed by atoms with E-state index in [1.54, 1.807) is 0 Å². The molecular weight excluding hydrogens is 235 g/mol. The monoisotopic (exact) mass is 246 g/mol. The van der Waals surface area contributed by atoms with Crippen LogP contribution in [0.25, 0.3) is 0 Å². The Hall–Kier alpha value is -0.873. The Morgan fingerprint density at radius 3 is 2.47 bits per heavy atom. The number of carbonyl (C=O) groups excluding carboxylic acids is 1. The minimum absolute atomic E-state index is 0.0309. The standard InChI is InChI=1S/C10H12ClFO2Si/c1-15(2,3)14-10-7(6-13)4-5-8(11)9(10)12/h4-6H,1-3H3. The Balaban J connectivity index is 3.24. The largest absolute Gasteiger partial charge is 0.542 e. The van der Waals surface area contributed by atoms with Gasteiger partial charge in [0.05, 0.1) is 10.6 Å². The molecule has 0 amide bonds. The molecule has 0 aliphatic carbocycles. The minimum Gasteiger partial charge on any atom is -0.542 e. The van der Waals surface area contributed by atoms with Crippen molar-refractivity contribution in [1.82, 2.24) is 0 Å². The summed E-state index contributed by atoms with van der Waals surface area (Å²) in [4.78, 5) is 10.7. The molecular formula is C10H12ClFO2Si. The molecule has 2 nitrogen and oxygen atoms in total. The molecule has 0 atom stereocenters. The molecule has 5 heteroatoms. The van der Waals surface area contributed by atoms with Crippen LogP contribution in [0.1, 0.15) is 10.4 Å². The van der Waals surface area contributed by atoms with Crippen molar-refractivity contribution in [3.05, 3.63) is 28.5 Å². The van der Waals surface area contributed by atoms with Gasteiger partial charge in [-0.1, -0.05) is 11.6 Å². The van der Waals surface area contributed by atoms with Gasteiger partial charge in [-0.05, 0) is 31.8 Å². The lowest BCUT2D eigenvalue weighted by Gasteiger charge is -2.21. The van der Waals surface area contributed by atoms with Crippen LogP contribution in [0.15, 0.2) is 12.1 Å². The average Bonchev–Trinajstić information content (AvgIpc) is 2.11. The highest BCUT2D eigenvalue weighted by molar-refractivity contribution is 6.70. The van der Waals surface area contributed by atoms with Crippen LogP contribution in [0.3, 0.4) is 0 Å². The van der Waals surface area contributed by atoms with E-state index in [-0.39, 0.29) is 16.3 Å². The molecule has 0 saturated heterocycles. The highest BCUT2D eigenvalue weighted by Crippen LogP contribution is 2.29. The Morgan fingerprint density at radius 2 is 2.00 bits per heavy atom. The molecule has 0 unspecified atom stereocenters. The fraction of sp³-hybridized carbons (Fsp3) is 0.300. The second-order valence-corrected chi connectivity index (χ2v) is 8.95. The molecule has 0 heterocycles. The van der Waals surface area contributed by atoms with E-state index in [1.807, 2.05) is 19.6 Å². The van der Waals surface area contributed by atoms with Crippen LogP contribution >= 0.6 is 11.6 Å². The van der Waals surface area contributed by atoms with Gasteiger partial charge in [-0.15, -0.1) is 0 Å². The van der Waals surface area contributed by atoms with Crippen molar-refractivity contribution < 1.29 is 13.6 Å². The van der Waals surface area contributed by atoms with E-state index in [0.717, 1.165) is 0 Å². The van der Waals surface area contributed by atoms with Gasteiger partial charge in [0.1, 0.15) is 0 Å². The van der Waals surface area contributed by atoms with E-state index >= 15 is 0 Å². The number of halogens is 2.